The van der Waals surface area contributed by atoms with E-state index < -0.39 is 5.97 Å². The Bertz CT molecular complexity index is 593. The zero-order valence-corrected chi connectivity index (χ0v) is 11.1. The van der Waals surface area contributed by atoms with E-state index in [4.69, 9.17) is 4.74 Å². The zero-order valence-electron chi connectivity index (χ0n) is 11.1. The smallest absolute Gasteiger partial charge is 0.339 e. The van der Waals surface area contributed by atoms with Crippen LogP contribution in [0.15, 0.2) is 36.4 Å². The maximum Gasteiger partial charge on any atom is 0.339 e. The first-order chi connectivity index (χ1) is 9.08. The van der Waals surface area contributed by atoms with E-state index in [1.165, 1.54) is 0 Å². The molecule has 0 radical (unpaired) electrons. The second-order valence-electron chi connectivity index (χ2n) is 4.65. The van der Waals surface area contributed by atoms with Crippen molar-refractivity contribution >= 4 is 16.7 Å². The van der Waals surface area contributed by atoms with Gasteiger partial charge in [0.05, 0.1) is 0 Å². The Balaban J connectivity index is 2.33. The van der Waals surface area contributed by atoms with Crippen LogP contribution < -0.4 is 4.74 Å². The number of hydrogen-bond acceptors (Lipinski definition) is 3. The van der Waals surface area contributed by atoms with Gasteiger partial charge in [-0.3, -0.25) is 0 Å². The molecule has 0 aromatic heterocycles. The average molecular weight is 259 g/mol. The second-order valence-corrected chi connectivity index (χ2v) is 4.65. The van der Waals surface area contributed by atoms with Crippen molar-refractivity contribution in [2.24, 2.45) is 0 Å². The molecule has 0 saturated heterocycles. The lowest BCUT2D eigenvalue weighted by molar-refractivity contribution is 0.0692. The number of benzene rings is 2. The third-order valence-electron chi connectivity index (χ3n) is 2.87. The first-order valence-electron chi connectivity index (χ1n) is 6.11. The summed E-state index contributed by atoms with van der Waals surface area (Å²) >= 11 is 0. The Labute approximate surface area is 112 Å². The lowest BCUT2D eigenvalue weighted by Gasteiger charge is -2.13. The summed E-state index contributed by atoms with van der Waals surface area (Å²) in [4.78, 5) is 13.3. The van der Waals surface area contributed by atoms with Gasteiger partial charge in [0.15, 0.2) is 0 Å². The van der Waals surface area contributed by atoms with Gasteiger partial charge >= 0.3 is 5.97 Å². The van der Waals surface area contributed by atoms with Gasteiger partial charge < -0.3 is 14.7 Å². The molecular weight excluding hydrogens is 242 g/mol. The number of carboxylic acid groups (broad SMARTS) is 1. The first kappa shape index (κ1) is 13.4. The Hall–Kier alpha value is -2.07. The summed E-state index contributed by atoms with van der Waals surface area (Å²) < 4.78 is 5.59. The molecule has 1 N–H and O–H groups in total. The average Bonchev–Trinajstić information content (AvgIpc) is 2.37. The molecule has 19 heavy (non-hydrogen) atoms. The number of nitrogens with zero attached hydrogens (tertiary/aromatic N) is 1. The van der Waals surface area contributed by atoms with Gasteiger partial charge in [0.2, 0.25) is 0 Å². The van der Waals surface area contributed by atoms with E-state index >= 15 is 0 Å². The van der Waals surface area contributed by atoms with Crippen LogP contribution in [-0.2, 0) is 0 Å². The highest BCUT2D eigenvalue weighted by atomic mass is 16.5. The van der Waals surface area contributed by atoms with Gasteiger partial charge in [0, 0.05) is 6.54 Å². The lowest BCUT2D eigenvalue weighted by atomic mass is 10.1. The van der Waals surface area contributed by atoms with Crippen LogP contribution in [0, 0.1) is 0 Å². The fourth-order valence-electron chi connectivity index (χ4n) is 1.84. The topological polar surface area (TPSA) is 49.8 Å². The Kier molecular flexibility index (Phi) is 4.02. The van der Waals surface area contributed by atoms with Gasteiger partial charge in [-0.1, -0.05) is 24.3 Å². The van der Waals surface area contributed by atoms with Crippen LogP contribution in [0.1, 0.15) is 10.4 Å². The highest BCUT2D eigenvalue weighted by Crippen LogP contribution is 2.26. The number of aromatic carboxylic acids is 1. The number of rotatable bonds is 5. The summed E-state index contributed by atoms with van der Waals surface area (Å²) in [5.41, 5.74) is 0.206. The molecule has 0 unspecified atom stereocenters. The zero-order chi connectivity index (χ0) is 13.8. The molecule has 4 heteroatoms. The van der Waals surface area contributed by atoms with Crippen LogP contribution in [0.5, 0.6) is 5.75 Å². The summed E-state index contributed by atoms with van der Waals surface area (Å²) in [6.45, 7) is 1.21. The molecule has 0 aliphatic carbocycles. The van der Waals surface area contributed by atoms with Crippen molar-refractivity contribution in [1.82, 2.24) is 4.90 Å². The van der Waals surface area contributed by atoms with Crippen molar-refractivity contribution in [3.63, 3.8) is 0 Å². The maximum atomic E-state index is 11.3. The Morgan fingerprint density at radius 2 is 1.84 bits per heavy atom. The molecule has 2 rings (SSSR count). The van der Waals surface area contributed by atoms with Crippen LogP contribution >= 0.6 is 0 Å². The predicted molar refractivity (Wildman–Crippen MR) is 75.0 cm³/mol. The summed E-state index contributed by atoms with van der Waals surface area (Å²) in [5.74, 6) is -0.543. The minimum Gasteiger partial charge on any atom is -0.491 e. The normalized spacial score (nSPS) is 10.9. The molecule has 0 fully saturated rings. The van der Waals surface area contributed by atoms with Crippen molar-refractivity contribution in [3.8, 4) is 5.75 Å². The number of carbonyl (C=O) groups is 1. The molecule has 0 bridgehead atoms. The van der Waals surface area contributed by atoms with Crippen LogP contribution in [-0.4, -0.2) is 43.2 Å². The SMILES string of the molecule is CN(C)CCOc1cc2ccccc2cc1C(=O)O. The van der Waals surface area contributed by atoms with E-state index in [0.29, 0.717) is 12.4 Å². The summed E-state index contributed by atoms with van der Waals surface area (Å²) in [5, 5.41) is 11.1. The fourth-order valence-corrected chi connectivity index (χ4v) is 1.84. The summed E-state index contributed by atoms with van der Waals surface area (Å²) in [6, 6.07) is 11.1. The van der Waals surface area contributed by atoms with Crippen molar-refractivity contribution in [3.05, 3.63) is 42.0 Å². The van der Waals surface area contributed by atoms with Crippen LogP contribution in [0.25, 0.3) is 10.8 Å². The highest BCUT2D eigenvalue weighted by Gasteiger charge is 2.12. The maximum absolute atomic E-state index is 11.3. The van der Waals surface area contributed by atoms with Gasteiger partial charge in [-0.2, -0.15) is 0 Å². The lowest BCUT2D eigenvalue weighted by Crippen LogP contribution is -2.20. The summed E-state index contributed by atoms with van der Waals surface area (Å²) in [6.07, 6.45) is 0. The molecule has 4 nitrogen and oxygen atoms in total. The van der Waals surface area contributed by atoms with E-state index in [-0.39, 0.29) is 5.56 Å². The van der Waals surface area contributed by atoms with Gasteiger partial charge in [-0.15, -0.1) is 0 Å². The first-order valence-corrected chi connectivity index (χ1v) is 6.11. The Morgan fingerprint density at radius 1 is 1.21 bits per heavy atom. The van der Waals surface area contributed by atoms with Gasteiger partial charge in [0.1, 0.15) is 17.9 Å². The molecule has 0 amide bonds. The fraction of sp³-hybridized carbons (Fsp3) is 0.267. The van der Waals surface area contributed by atoms with Crippen LogP contribution in [0.4, 0.5) is 0 Å². The molecule has 0 heterocycles. The Morgan fingerprint density at radius 3 is 2.42 bits per heavy atom. The molecule has 100 valence electrons. The minimum atomic E-state index is -0.967. The number of hydrogen-bond donors (Lipinski definition) is 1. The van der Waals surface area contributed by atoms with E-state index in [2.05, 4.69) is 0 Å². The molecule has 2 aromatic carbocycles. The standard InChI is InChI=1S/C15H17NO3/c1-16(2)7-8-19-14-10-12-6-4-3-5-11(12)9-13(14)15(17)18/h3-6,9-10H,7-8H2,1-2H3,(H,17,18). The summed E-state index contributed by atoms with van der Waals surface area (Å²) in [7, 11) is 3.89. The minimum absolute atomic E-state index is 0.206. The molecule has 0 spiro atoms. The highest BCUT2D eigenvalue weighted by molar-refractivity contribution is 5.97. The van der Waals surface area contributed by atoms with Crippen molar-refractivity contribution < 1.29 is 14.6 Å². The predicted octanol–water partition coefficient (Wildman–Crippen LogP) is 2.48. The van der Waals surface area contributed by atoms with Gasteiger partial charge in [-0.25, -0.2) is 4.79 Å². The van der Waals surface area contributed by atoms with E-state index in [0.717, 1.165) is 17.3 Å². The third kappa shape index (κ3) is 3.23. The van der Waals surface area contributed by atoms with Crippen LogP contribution in [0.2, 0.25) is 0 Å². The van der Waals surface area contributed by atoms with E-state index in [1.807, 2.05) is 43.3 Å². The van der Waals surface area contributed by atoms with E-state index in [1.54, 1.807) is 12.1 Å². The van der Waals surface area contributed by atoms with Gasteiger partial charge in [-0.05, 0) is 37.0 Å². The monoisotopic (exact) mass is 259 g/mol. The van der Waals surface area contributed by atoms with Gasteiger partial charge in [0.25, 0.3) is 0 Å². The van der Waals surface area contributed by atoms with Crippen molar-refractivity contribution in [2.45, 2.75) is 0 Å². The number of carboxylic acids is 1. The number of fused-ring (bicyclic) bond motifs is 1. The van der Waals surface area contributed by atoms with Crippen LogP contribution in [0.3, 0.4) is 0 Å². The van der Waals surface area contributed by atoms with Crippen molar-refractivity contribution in [1.29, 1.82) is 0 Å². The van der Waals surface area contributed by atoms with Crippen molar-refractivity contribution in [2.75, 3.05) is 27.2 Å². The largest absolute Gasteiger partial charge is 0.491 e. The quantitative estimate of drug-likeness (QED) is 0.896. The molecule has 0 aliphatic heterocycles. The second kappa shape index (κ2) is 5.71. The molecule has 0 saturated carbocycles. The molecule has 0 atom stereocenters. The third-order valence-corrected chi connectivity index (χ3v) is 2.87. The molecular formula is C15H17NO3. The molecule has 0 aliphatic rings. The number of likely N-dealkylation sites (N-methyl/N-ethyl adjacent to an activating group) is 1. The molecule has 2 aromatic rings. The number of ether oxygens (including phenoxy) is 1. The van der Waals surface area contributed by atoms with E-state index in [9.17, 15) is 9.90 Å².